The Morgan fingerprint density at radius 1 is 1.12 bits per heavy atom. The monoisotopic (exact) mass is 336 g/mol. The third kappa shape index (κ3) is 3.09. The van der Waals surface area contributed by atoms with Gasteiger partial charge >= 0.3 is 6.09 Å². The molecule has 2 aromatic rings. The van der Waals surface area contributed by atoms with Crippen LogP contribution in [0.4, 0.5) is 4.79 Å². The third-order valence-corrected chi connectivity index (χ3v) is 4.91. The van der Waals surface area contributed by atoms with Gasteiger partial charge < -0.3 is 10.1 Å². The molecule has 25 heavy (non-hydrogen) atoms. The van der Waals surface area contributed by atoms with Gasteiger partial charge in [-0.3, -0.25) is 9.69 Å². The van der Waals surface area contributed by atoms with Crippen LogP contribution in [-0.2, 0) is 11.2 Å². The summed E-state index contributed by atoms with van der Waals surface area (Å²) in [5, 5.41) is 2.85. The first-order valence-corrected chi connectivity index (χ1v) is 8.60. The van der Waals surface area contributed by atoms with Crippen molar-refractivity contribution in [1.82, 2.24) is 10.2 Å². The van der Waals surface area contributed by atoms with E-state index in [9.17, 15) is 9.59 Å². The zero-order valence-electron chi connectivity index (χ0n) is 13.9. The van der Waals surface area contributed by atoms with E-state index in [0.717, 1.165) is 12.8 Å². The second-order valence-electron chi connectivity index (χ2n) is 6.49. The van der Waals surface area contributed by atoms with Crippen molar-refractivity contribution in [2.24, 2.45) is 0 Å². The van der Waals surface area contributed by atoms with Crippen LogP contribution in [0.5, 0.6) is 0 Å². The molecule has 5 nitrogen and oxygen atoms in total. The van der Waals surface area contributed by atoms with E-state index in [1.165, 1.54) is 11.1 Å². The normalized spacial score (nSPS) is 21.8. The van der Waals surface area contributed by atoms with Gasteiger partial charge in [-0.05, 0) is 36.1 Å². The second-order valence-corrected chi connectivity index (χ2v) is 6.49. The van der Waals surface area contributed by atoms with E-state index in [1.54, 1.807) is 17.0 Å². The quantitative estimate of drug-likeness (QED) is 0.934. The summed E-state index contributed by atoms with van der Waals surface area (Å²) < 4.78 is 5.46. The topological polar surface area (TPSA) is 58.6 Å². The van der Waals surface area contributed by atoms with Gasteiger partial charge in [0.2, 0.25) is 0 Å². The molecular formula is C20H20N2O3. The smallest absolute Gasteiger partial charge is 0.410 e. The number of carbonyl (C=O) groups is 2. The molecule has 2 aliphatic rings. The average molecular weight is 336 g/mol. The number of rotatable bonds is 4. The van der Waals surface area contributed by atoms with Gasteiger partial charge in [-0.1, -0.05) is 42.5 Å². The van der Waals surface area contributed by atoms with E-state index in [4.69, 9.17) is 4.74 Å². The summed E-state index contributed by atoms with van der Waals surface area (Å²) in [6.45, 7) is 0.831. The van der Waals surface area contributed by atoms with Crippen LogP contribution >= 0.6 is 0 Å². The Hall–Kier alpha value is -2.82. The molecule has 1 N–H and O–H groups in total. The van der Waals surface area contributed by atoms with E-state index in [0.29, 0.717) is 18.7 Å². The molecule has 2 atom stereocenters. The van der Waals surface area contributed by atoms with Gasteiger partial charge in [0.25, 0.3) is 5.91 Å². The Labute approximate surface area is 146 Å². The lowest BCUT2D eigenvalue weighted by molar-refractivity contribution is 0.0914. The maximum Gasteiger partial charge on any atom is 0.410 e. The van der Waals surface area contributed by atoms with E-state index in [-0.39, 0.29) is 24.1 Å². The molecule has 1 fully saturated rings. The van der Waals surface area contributed by atoms with E-state index >= 15 is 0 Å². The summed E-state index contributed by atoms with van der Waals surface area (Å²) in [4.78, 5) is 26.2. The molecule has 4 rings (SSSR count). The second kappa shape index (κ2) is 6.59. The first-order valence-electron chi connectivity index (χ1n) is 8.60. The number of benzene rings is 2. The average Bonchev–Trinajstić information content (AvgIpc) is 3.23. The standard InChI is InChI=1S/C20H20N2O3/c23-19(15-7-2-1-3-8-15)21-12-16-13-22(20(24)25-16)18-11-10-14-6-4-5-9-17(14)18/h1-9,16,18H,10-13H2,(H,21,23). The lowest BCUT2D eigenvalue weighted by Crippen LogP contribution is -2.35. The fraction of sp³-hybridized carbons (Fsp3) is 0.300. The van der Waals surface area contributed by atoms with Crippen molar-refractivity contribution in [3.05, 3.63) is 71.3 Å². The number of fused-ring (bicyclic) bond motifs is 1. The molecule has 0 spiro atoms. The van der Waals surface area contributed by atoms with Gasteiger partial charge in [0.15, 0.2) is 0 Å². The van der Waals surface area contributed by atoms with Crippen LogP contribution in [0.25, 0.3) is 0 Å². The van der Waals surface area contributed by atoms with Gasteiger partial charge in [-0.25, -0.2) is 4.79 Å². The minimum absolute atomic E-state index is 0.0820. The SMILES string of the molecule is O=C(NCC1CN(C2CCc3ccccc32)C(=O)O1)c1ccccc1. The van der Waals surface area contributed by atoms with Gasteiger partial charge in [0.05, 0.1) is 19.1 Å². The summed E-state index contributed by atoms with van der Waals surface area (Å²) in [5.74, 6) is -0.152. The fourth-order valence-electron chi connectivity index (χ4n) is 3.66. The highest BCUT2D eigenvalue weighted by Crippen LogP contribution is 2.37. The Morgan fingerprint density at radius 3 is 2.72 bits per heavy atom. The van der Waals surface area contributed by atoms with Crippen molar-refractivity contribution in [2.75, 3.05) is 13.1 Å². The predicted octanol–water partition coefficient (Wildman–Crippen LogP) is 2.92. The van der Waals surface area contributed by atoms with Crippen LogP contribution in [0.1, 0.15) is 33.9 Å². The highest BCUT2D eigenvalue weighted by atomic mass is 16.6. The summed E-state index contributed by atoms with van der Waals surface area (Å²) in [7, 11) is 0. The summed E-state index contributed by atoms with van der Waals surface area (Å²) in [5.41, 5.74) is 3.13. The molecular weight excluding hydrogens is 316 g/mol. The van der Waals surface area contributed by atoms with Crippen LogP contribution < -0.4 is 5.32 Å². The number of amides is 2. The first-order chi connectivity index (χ1) is 12.2. The number of carbonyl (C=O) groups excluding carboxylic acids is 2. The van der Waals surface area contributed by atoms with Crippen molar-refractivity contribution >= 4 is 12.0 Å². The van der Waals surface area contributed by atoms with Gasteiger partial charge in [0, 0.05) is 5.56 Å². The van der Waals surface area contributed by atoms with Crippen molar-refractivity contribution < 1.29 is 14.3 Å². The van der Waals surface area contributed by atoms with Crippen molar-refractivity contribution in [3.63, 3.8) is 0 Å². The molecule has 0 aromatic heterocycles. The van der Waals surface area contributed by atoms with Crippen LogP contribution in [0.2, 0.25) is 0 Å². The molecule has 0 bridgehead atoms. The zero-order valence-corrected chi connectivity index (χ0v) is 13.9. The largest absolute Gasteiger partial charge is 0.442 e. The van der Waals surface area contributed by atoms with E-state index < -0.39 is 0 Å². The molecule has 5 heteroatoms. The predicted molar refractivity (Wildman–Crippen MR) is 93.3 cm³/mol. The molecule has 0 radical (unpaired) electrons. The van der Waals surface area contributed by atoms with Crippen molar-refractivity contribution in [3.8, 4) is 0 Å². The molecule has 1 heterocycles. The Balaban J connectivity index is 1.38. The van der Waals surface area contributed by atoms with Gasteiger partial charge in [0.1, 0.15) is 6.10 Å². The molecule has 2 aromatic carbocycles. The number of hydrogen-bond acceptors (Lipinski definition) is 3. The van der Waals surface area contributed by atoms with E-state index in [2.05, 4.69) is 17.4 Å². The van der Waals surface area contributed by atoms with Gasteiger partial charge in [-0.15, -0.1) is 0 Å². The molecule has 0 saturated carbocycles. The van der Waals surface area contributed by atoms with Crippen molar-refractivity contribution in [1.29, 1.82) is 0 Å². The van der Waals surface area contributed by atoms with Crippen molar-refractivity contribution in [2.45, 2.75) is 25.0 Å². The summed E-state index contributed by atoms with van der Waals surface area (Å²) in [6.07, 6.45) is 1.31. The Kier molecular flexibility index (Phi) is 4.14. The minimum atomic E-state index is -0.312. The Bertz CT molecular complexity index is 791. The number of cyclic esters (lactones) is 1. The fourth-order valence-corrected chi connectivity index (χ4v) is 3.66. The lowest BCUT2D eigenvalue weighted by atomic mass is 10.1. The highest BCUT2D eigenvalue weighted by molar-refractivity contribution is 5.94. The van der Waals surface area contributed by atoms with Crippen LogP contribution in [0.3, 0.4) is 0 Å². The number of hydrogen-bond donors (Lipinski definition) is 1. The van der Waals surface area contributed by atoms with Crippen LogP contribution in [0, 0.1) is 0 Å². The van der Waals surface area contributed by atoms with Crippen LogP contribution in [-0.4, -0.2) is 36.1 Å². The third-order valence-electron chi connectivity index (χ3n) is 4.91. The number of aryl methyl sites for hydroxylation is 1. The summed E-state index contributed by atoms with van der Waals surface area (Å²) in [6, 6.07) is 17.4. The first kappa shape index (κ1) is 15.7. The minimum Gasteiger partial charge on any atom is -0.442 e. The molecule has 128 valence electrons. The molecule has 1 aliphatic carbocycles. The summed E-state index contributed by atoms with van der Waals surface area (Å²) >= 11 is 0. The number of nitrogens with zero attached hydrogens (tertiary/aromatic N) is 1. The number of ether oxygens (including phenoxy) is 1. The van der Waals surface area contributed by atoms with E-state index in [1.807, 2.05) is 30.3 Å². The maximum atomic E-state index is 12.3. The molecule has 2 unspecified atom stereocenters. The lowest BCUT2D eigenvalue weighted by Gasteiger charge is -2.22. The molecule has 2 amide bonds. The molecule has 1 aliphatic heterocycles. The number of nitrogens with one attached hydrogen (secondary N) is 1. The van der Waals surface area contributed by atoms with Crippen LogP contribution in [0.15, 0.2) is 54.6 Å². The highest BCUT2D eigenvalue weighted by Gasteiger charge is 2.39. The maximum absolute atomic E-state index is 12.3. The Morgan fingerprint density at radius 2 is 1.88 bits per heavy atom. The van der Waals surface area contributed by atoms with Gasteiger partial charge in [-0.2, -0.15) is 0 Å². The zero-order chi connectivity index (χ0) is 17.2. The molecule has 1 saturated heterocycles.